The van der Waals surface area contributed by atoms with E-state index in [9.17, 15) is 22.6 Å². The number of Topliss-reactive ketones (excluding diaryl/α,β-unsaturated/α-hetero) is 2. The highest BCUT2D eigenvalue weighted by molar-refractivity contribution is 7.97. The Hall–Kier alpha value is -0.400. The minimum absolute atomic E-state index is 0.0248. The molecule has 31 heavy (non-hydrogen) atoms. The summed E-state index contributed by atoms with van der Waals surface area (Å²) >= 11 is 0. The molecule has 0 amide bonds. The SMILES string of the molecule is CC1(C)C2CCC1(CS(=O)(=O)[O-])C(=O)C2.CCCC[S+](CCCC)CC(=O)C(C)(C)C. The molecule has 0 aromatic rings. The first kappa shape index (κ1) is 28.6. The molecule has 182 valence electrons. The molecule has 0 aromatic carbocycles. The first-order chi connectivity index (χ1) is 14.1. The smallest absolute Gasteiger partial charge is 0.187 e. The van der Waals surface area contributed by atoms with Crippen LogP contribution in [0.2, 0.25) is 0 Å². The number of rotatable bonds is 10. The van der Waals surface area contributed by atoms with Crippen LogP contribution in [0.15, 0.2) is 0 Å². The minimum atomic E-state index is -4.33. The Morgan fingerprint density at radius 1 is 1.13 bits per heavy atom. The number of carbonyl (C=O) groups excluding carboxylic acids is 2. The fourth-order valence-corrected chi connectivity index (χ4v) is 8.73. The second-order valence-electron chi connectivity index (χ2n) is 10.9. The first-order valence-corrected chi connectivity index (χ1v) is 15.1. The zero-order valence-corrected chi connectivity index (χ0v) is 22.3. The molecule has 2 atom stereocenters. The number of unbranched alkanes of at least 4 members (excludes halogenated alkanes) is 2. The van der Waals surface area contributed by atoms with Crippen LogP contribution in [0.5, 0.6) is 0 Å². The van der Waals surface area contributed by atoms with Crippen LogP contribution in [0, 0.1) is 22.2 Å². The van der Waals surface area contributed by atoms with Gasteiger partial charge in [-0.05, 0) is 47.9 Å². The maximum atomic E-state index is 12.0. The third-order valence-corrected chi connectivity index (χ3v) is 10.6. The summed E-state index contributed by atoms with van der Waals surface area (Å²) in [6.45, 7) is 14.4. The summed E-state index contributed by atoms with van der Waals surface area (Å²) < 4.78 is 32.7. The van der Waals surface area contributed by atoms with Crippen LogP contribution < -0.4 is 0 Å². The van der Waals surface area contributed by atoms with Crippen LogP contribution >= 0.6 is 0 Å². The van der Waals surface area contributed by atoms with Crippen LogP contribution in [0.25, 0.3) is 0 Å². The van der Waals surface area contributed by atoms with Gasteiger partial charge in [-0.1, -0.05) is 61.3 Å². The van der Waals surface area contributed by atoms with Crippen molar-refractivity contribution in [2.24, 2.45) is 22.2 Å². The van der Waals surface area contributed by atoms with Crippen molar-refractivity contribution in [3.05, 3.63) is 0 Å². The maximum Gasteiger partial charge on any atom is 0.187 e. The molecule has 5 nitrogen and oxygen atoms in total. The molecule has 2 bridgehead atoms. The monoisotopic (exact) mass is 476 g/mol. The van der Waals surface area contributed by atoms with Gasteiger partial charge in [0.15, 0.2) is 11.5 Å². The highest BCUT2D eigenvalue weighted by Crippen LogP contribution is 2.64. The molecular weight excluding hydrogens is 432 g/mol. The number of fused-ring (bicyclic) bond motifs is 2. The van der Waals surface area contributed by atoms with E-state index < -0.39 is 21.3 Å². The van der Waals surface area contributed by atoms with E-state index in [1.54, 1.807) is 0 Å². The molecule has 0 aliphatic heterocycles. The largest absolute Gasteiger partial charge is 0.748 e. The van der Waals surface area contributed by atoms with Crippen molar-refractivity contribution in [2.75, 3.05) is 23.0 Å². The summed E-state index contributed by atoms with van der Waals surface area (Å²) in [5.74, 6) is 3.51. The minimum Gasteiger partial charge on any atom is -0.748 e. The third-order valence-electron chi connectivity index (χ3n) is 7.31. The molecule has 2 aliphatic rings. The quantitative estimate of drug-likeness (QED) is 0.335. The van der Waals surface area contributed by atoms with Gasteiger partial charge < -0.3 is 4.55 Å². The molecule has 0 N–H and O–H groups in total. The topological polar surface area (TPSA) is 91.3 Å². The molecular formula is C24H44O5S2. The van der Waals surface area contributed by atoms with Crippen LogP contribution in [-0.2, 0) is 30.6 Å². The molecule has 0 radical (unpaired) electrons. The van der Waals surface area contributed by atoms with Crippen LogP contribution in [-0.4, -0.2) is 47.5 Å². The van der Waals surface area contributed by atoms with Gasteiger partial charge in [-0.2, -0.15) is 0 Å². The van der Waals surface area contributed by atoms with Gasteiger partial charge in [0, 0.05) is 17.3 Å². The van der Waals surface area contributed by atoms with E-state index >= 15 is 0 Å². The second kappa shape index (κ2) is 11.1. The van der Waals surface area contributed by atoms with E-state index in [2.05, 4.69) is 13.8 Å². The van der Waals surface area contributed by atoms with Crippen LogP contribution in [0.1, 0.15) is 93.4 Å². The van der Waals surface area contributed by atoms with Crippen LogP contribution in [0.3, 0.4) is 0 Å². The molecule has 2 unspecified atom stereocenters. The summed E-state index contributed by atoms with van der Waals surface area (Å²) in [7, 11) is -3.98. The lowest BCUT2D eigenvalue weighted by Crippen LogP contribution is -2.42. The fourth-order valence-electron chi connectivity index (χ4n) is 4.76. The lowest BCUT2D eigenvalue weighted by atomic mass is 9.70. The Bertz CT molecular complexity index is 713. The molecule has 0 spiro atoms. The zero-order valence-electron chi connectivity index (χ0n) is 20.7. The predicted octanol–water partition coefficient (Wildman–Crippen LogP) is 4.75. The molecule has 7 heteroatoms. The average Bonchev–Trinajstić information content (AvgIpc) is 2.96. The highest BCUT2D eigenvalue weighted by Gasteiger charge is 2.64. The Labute approximate surface area is 193 Å². The molecule has 0 heterocycles. The number of hydrogen-bond donors (Lipinski definition) is 0. The van der Waals surface area contributed by atoms with Gasteiger partial charge in [0.2, 0.25) is 0 Å². The third kappa shape index (κ3) is 7.56. The molecule has 2 rings (SSSR count). The maximum absolute atomic E-state index is 12.0. The van der Waals surface area contributed by atoms with E-state index in [-0.39, 0.29) is 22.5 Å². The van der Waals surface area contributed by atoms with Crippen molar-refractivity contribution in [2.45, 2.75) is 93.4 Å². The van der Waals surface area contributed by atoms with Gasteiger partial charge in [-0.15, -0.1) is 0 Å². The van der Waals surface area contributed by atoms with E-state index in [4.69, 9.17) is 0 Å². The number of hydrogen-bond acceptors (Lipinski definition) is 5. The Kier molecular flexibility index (Phi) is 10.3. The summed E-state index contributed by atoms with van der Waals surface area (Å²) in [5, 5.41) is 0. The highest BCUT2D eigenvalue weighted by atomic mass is 32.2. The van der Waals surface area contributed by atoms with E-state index in [1.165, 1.54) is 37.2 Å². The van der Waals surface area contributed by atoms with Gasteiger partial charge in [-0.25, -0.2) is 8.42 Å². The van der Waals surface area contributed by atoms with Crippen LogP contribution in [0.4, 0.5) is 0 Å². The number of carbonyl (C=O) groups is 2. The second-order valence-corrected chi connectivity index (χ2v) is 14.6. The molecule has 2 fully saturated rings. The molecule has 0 aromatic heterocycles. The van der Waals surface area contributed by atoms with Crippen molar-refractivity contribution >= 4 is 32.6 Å². The van der Waals surface area contributed by atoms with Crippen molar-refractivity contribution in [1.82, 2.24) is 0 Å². The van der Waals surface area contributed by atoms with Crippen molar-refractivity contribution < 1.29 is 22.6 Å². The lowest BCUT2D eigenvalue weighted by molar-refractivity contribution is -0.128. The standard InChI is InChI=1S/C14H29OS.C10H16O4S/c1-6-8-10-16(11-9-7-2)12-13(15)14(3,4)5;1-9(2)7-3-4-10(9,8(11)5-7)6-15(12,13)14/h6-12H2,1-5H3;7H,3-6H2,1-2H3,(H,12,13,14)/q+1;/p-1. The molecule has 0 saturated heterocycles. The Morgan fingerprint density at radius 2 is 1.65 bits per heavy atom. The van der Waals surface area contributed by atoms with Gasteiger partial charge in [-0.3, -0.25) is 9.59 Å². The predicted molar refractivity (Wildman–Crippen MR) is 129 cm³/mol. The van der Waals surface area contributed by atoms with Gasteiger partial charge in [0.1, 0.15) is 17.3 Å². The van der Waals surface area contributed by atoms with E-state index in [0.717, 1.165) is 12.2 Å². The van der Waals surface area contributed by atoms with Crippen molar-refractivity contribution in [3.63, 3.8) is 0 Å². The van der Waals surface area contributed by atoms with Gasteiger partial charge in [0.25, 0.3) is 0 Å². The van der Waals surface area contributed by atoms with Gasteiger partial charge in [0.05, 0.1) is 15.9 Å². The van der Waals surface area contributed by atoms with Gasteiger partial charge >= 0.3 is 0 Å². The zero-order chi connectivity index (χ0) is 24.1. The Morgan fingerprint density at radius 3 is 1.97 bits per heavy atom. The van der Waals surface area contributed by atoms with E-state index in [1.807, 2.05) is 34.6 Å². The Balaban J connectivity index is 0.000000310. The van der Waals surface area contributed by atoms with Crippen molar-refractivity contribution in [3.8, 4) is 0 Å². The summed E-state index contributed by atoms with van der Waals surface area (Å²) in [5.41, 5.74) is -1.37. The summed E-state index contributed by atoms with van der Waals surface area (Å²) in [6.07, 6.45) is 6.94. The fraction of sp³-hybridized carbons (Fsp3) is 0.917. The number of ketones is 2. The normalized spacial score (nSPS) is 24.9. The first-order valence-electron chi connectivity index (χ1n) is 11.7. The lowest BCUT2D eigenvalue weighted by Gasteiger charge is -2.37. The summed E-state index contributed by atoms with van der Waals surface area (Å²) in [6, 6.07) is 0. The molecule has 2 aliphatic carbocycles. The molecule has 2 saturated carbocycles. The average molecular weight is 477 g/mol. The van der Waals surface area contributed by atoms with Crippen molar-refractivity contribution in [1.29, 1.82) is 0 Å². The summed E-state index contributed by atoms with van der Waals surface area (Å²) in [4.78, 5) is 23.9. The van der Waals surface area contributed by atoms with E-state index in [0.29, 0.717) is 29.5 Å².